The van der Waals surface area contributed by atoms with Gasteiger partial charge < -0.3 is 9.47 Å². The van der Waals surface area contributed by atoms with Gasteiger partial charge in [0.2, 0.25) is 0 Å². The Labute approximate surface area is 166 Å². The number of aromatic nitrogens is 2. The van der Waals surface area contributed by atoms with Crippen molar-refractivity contribution in [1.82, 2.24) is 9.78 Å². The van der Waals surface area contributed by atoms with Gasteiger partial charge in [0.25, 0.3) is 0 Å². The molecule has 0 spiro atoms. The minimum atomic E-state index is 0.309. The van der Waals surface area contributed by atoms with E-state index in [1.54, 1.807) is 0 Å². The Morgan fingerprint density at radius 3 is 2.79 bits per heavy atom. The van der Waals surface area contributed by atoms with Gasteiger partial charge in [0.15, 0.2) is 0 Å². The Hall–Kier alpha value is -2.59. The standard InChI is InChI=1S/C24H26N2O2/c1-2-6-18(7-3-1)17-28-21-11-12-23-19(14-21)9-10-20-15-26(25-24(20)23)16-22-8-4-5-13-27-22/h1-3,6-7,11-12,14-15,22H,4-5,8-10,13,16-17H2/t22-/m1/s1. The van der Waals surface area contributed by atoms with E-state index in [9.17, 15) is 0 Å². The third kappa shape index (κ3) is 3.69. The van der Waals surface area contributed by atoms with E-state index in [1.807, 2.05) is 18.2 Å². The maximum atomic E-state index is 6.01. The second-order valence-electron chi connectivity index (χ2n) is 7.81. The molecule has 1 aliphatic heterocycles. The molecule has 144 valence electrons. The predicted molar refractivity (Wildman–Crippen MR) is 109 cm³/mol. The fraction of sp³-hybridized carbons (Fsp3) is 0.375. The zero-order valence-corrected chi connectivity index (χ0v) is 16.1. The van der Waals surface area contributed by atoms with Crippen LogP contribution in [0.2, 0.25) is 0 Å². The number of fused-ring (bicyclic) bond motifs is 3. The summed E-state index contributed by atoms with van der Waals surface area (Å²) in [5, 5.41) is 4.91. The highest BCUT2D eigenvalue weighted by Gasteiger charge is 2.22. The van der Waals surface area contributed by atoms with Crippen molar-refractivity contribution in [2.24, 2.45) is 0 Å². The second kappa shape index (κ2) is 7.80. The van der Waals surface area contributed by atoms with Gasteiger partial charge in [0.05, 0.1) is 18.3 Å². The van der Waals surface area contributed by atoms with Crippen molar-refractivity contribution in [2.45, 2.75) is 51.4 Å². The summed E-state index contributed by atoms with van der Waals surface area (Å²) in [6.45, 7) is 2.35. The number of hydrogen-bond acceptors (Lipinski definition) is 3. The molecule has 1 fully saturated rings. The molecule has 4 nitrogen and oxygen atoms in total. The first kappa shape index (κ1) is 17.5. The second-order valence-corrected chi connectivity index (χ2v) is 7.81. The molecule has 0 radical (unpaired) electrons. The summed E-state index contributed by atoms with van der Waals surface area (Å²) in [4.78, 5) is 0. The molecule has 0 saturated carbocycles. The highest BCUT2D eigenvalue weighted by molar-refractivity contribution is 5.70. The maximum absolute atomic E-state index is 6.01. The van der Waals surface area contributed by atoms with Crippen LogP contribution in [0.25, 0.3) is 11.3 Å². The normalized spacial score (nSPS) is 18.4. The van der Waals surface area contributed by atoms with E-state index in [0.717, 1.165) is 43.9 Å². The number of rotatable bonds is 5. The van der Waals surface area contributed by atoms with Gasteiger partial charge in [-0.05, 0) is 67.0 Å². The van der Waals surface area contributed by atoms with Crippen LogP contribution in [-0.2, 0) is 30.7 Å². The third-order valence-electron chi connectivity index (χ3n) is 5.75. The molecular weight excluding hydrogens is 348 g/mol. The number of benzene rings is 2. The van der Waals surface area contributed by atoms with Crippen LogP contribution >= 0.6 is 0 Å². The Kier molecular flexibility index (Phi) is 4.88. The van der Waals surface area contributed by atoms with E-state index in [4.69, 9.17) is 14.6 Å². The Balaban J connectivity index is 1.32. The zero-order chi connectivity index (χ0) is 18.8. The molecule has 0 bridgehead atoms. The van der Waals surface area contributed by atoms with Crippen LogP contribution in [0.4, 0.5) is 0 Å². The fourth-order valence-electron chi connectivity index (χ4n) is 4.23. The van der Waals surface area contributed by atoms with Crippen molar-refractivity contribution >= 4 is 0 Å². The van der Waals surface area contributed by atoms with Crippen molar-refractivity contribution in [3.05, 3.63) is 71.4 Å². The summed E-state index contributed by atoms with van der Waals surface area (Å²) in [6, 6.07) is 16.7. The Morgan fingerprint density at radius 1 is 1.04 bits per heavy atom. The quantitative estimate of drug-likeness (QED) is 0.644. The van der Waals surface area contributed by atoms with Crippen molar-refractivity contribution in [3.8, 4) is 17.0 Å². The lowest BCUT2D eigenvalue weighted by Gasteiger charge is -2.22. The van der Waals surface area contributed by atoms with Crippen LogP contribution < -0.4 is 4.74 Å². The molecule has 0 amide bonds. The Bertz CT molecular complexity index is 942. The molecule has 3 aromatic rings. The predicted octanol–water partition coefficient (Wildman–Crippen LogP) is 4.80. The number of nitrogens with zero attached hydrogens (tertiary/aromatic N) is 2. The summed E-state index contributed by atoms with van der Waals surface area (Å²) in [5.41, 5.74) is 6.24. The molecule has 1 saturated heterocycles. The smallest absolute Gasteiger partial charge is 0.120 e. The van der Waals surface area contributed by atoms with Crippen molar-refractivity contribution in [2.75, 3.05) is 6.61 Å². The van der Waals surface area contributed by atoms with E-state index in [2.05, 4.69) is 41.2 Å². The molecule has 28 heavy (non-hydrogen) atoms. The summed E-state index contributed by atoms with van der Waals surface area (Å²) < 4.78 is 14.0. The molecule has 1 aromatic heterocycles. The lowest BCUT2D eigenvalue weighted by atomic mass is 9.90. The van der Waals surface area contributed by atoms with Crippen molar-refractivity contribution < 1.29 is 9.47 Å². The van der Waals surface area contributed by atoms with Gasteiger partial charge in [-0.2, -0.15) is 5.10 Å². The van der Waals surface area contributed by atoms with E-state index >= 15 is 0 Å². The number of aryl methyl sites for hydroxylation is 2. The minimum absolute atomic E-state index is 0.309. The highest BCUT2D eigenvalue weighted by Crippen LogP contribution is 2.34. The molecule has 2 aromatic carbocycles. The van der Waals surface area contributed by atoms with E-state index in [-0.39, 0.29) is 0 Å². The summed E-state index contributed by atoms with van der Waals surface area (Å²) in [5.74, 6) is 0.932. The SMILES string of the molecule is c1ccc(COc2ccc3c(c2)CCc2cn(C[C@H]4CCCCO4)nc2-3)cc1. The minimum Gasteiger partial charge on any atom is -0.489 e. The molecule has 1 atom stereocenters. The van der Waals surface area contributed by atoms with Crippen LogP contribution in [-0.4, -0.2) is 22.5 Å². The van der Waals surface area contributed by atoms with Gasteiger partial charge in [-0.15, -0.1) is 0 Å². The van der Waals surface area contributed by atoms with Crippen LogP contribution in [0.1, 0.15) is 36.0 Å². The van der Waals surface area contributed by atoms with Crippen molar-refractivity contribution in [1.29, 1.82) is 0 Å². The lowest BCUT2D eigenvalue weighted by Crippen LogP contribution is -2.24. The van der Waals surface area contributed by atoms with E-state index in [1.165, 1.54) is 35.1 Å². The number of ether oxygens (including phenoxy) is 2. The summed E-state index contributed by atoms with van der Waals surface area (Å²) >= 11 is 0. The molecular formula is C24H26N2O2. The molecule has 5 rings (SSSR count). The molecule has 0 unspecified atom stereocenters. The Morgan fingerprint density at radius 2 is 1.93 bits per heavy atom. The van der Waals surface area contributed by atoms with Crippen molar-refractivity contribution in [3.63, 3.8) is 0 Å². The lowest BCUT2D eigenvalue weighted by molar-refractivity contribution is 0.00402. The topological polar surface area (TPSA) is 36.3 Å². The van der Waals surface area contributed by atoms with Gasteiger partial charge in [-0.3, -0.25) is 4.68 Å². The van der Waals surface area contributed by atoms with Crippen LogP contribution in [0.5, 0.6) is 5.75 Å². The van der Waals surface area contributed by atoms with Crippen LogP contribution in [0, 0.1) is 0 Å². The van der Waals surface area contributed by atoms with Gasteiger partial charge in [-0.25, -0.2) is 0 Å². The molecule has 2 heterocycles. The first-order chi connectivity index (χ1) is 13.8. The maximum Gasteiger partial charge on any atom is 0.120 e. The van der Waals surface area contributed by atoms with Crippen LogP contribution in [0.15, 0.2) is 54.7 Å². The van der Waals surface area contributed by atoms with Crippen LogP contribution in [0.3, 0.4) is 0 Å². The molecule has 1 aliphatic carbocycles. The third-order valence-corrected chi connectivity index (χ3v) is 5.75. The molecule has 0 N–H and O–H groups in total. The largest absolute Gasteiger partial charge is 0.489 e. The average Bonchev–Trinajstić information content (AvgIpc) is 3.16. The van der Waals surface area contributed by atoms with E-state index < -0.39 is 0 Å². The highest BCUT2D eigenvalue weighted by atomic mass is 16.5. The van der Waals surface area contributed by atoms with Gasteiger partial charge in [0, 0.05) is 18.4 Å². The zero-order valence-electron chi connectivity index (χ0n) is 16.1. The fourth-order valence-corrected chi connectivity index (χ4v) is 4.23. The number of hydrogen-bond donors (Lipinski definition) is 0. The van der Waals surface area contributed by atoms with Gasteiger partial charge >= 0.3 is 0 Å². The van der Waals surface area contributed by atoms with Gasteiger partial charge in [0.1, 0.15) is 12.4 Å². The van der Waals surface area contributed by atoms with Gasteiger partial charge in [-0.1, -0.05) is 30.3 Å². The first-order valence-corrected chi connectivity index (χ1v) is 10.3. The average molecular weight is 374 g/mol. The van der Waals surface area contributed by atoms with E-state index in [0.29, 0.717) is 12.7 Å². The monoisotopic (exact) mass is 374 g/mol. The summed E-state index contributed by atoms with van der Waals surface area (Å²) in [6.07, 6.45) is 8.20. The summed E-state index contributed by atoms with van der Waals surface area (Å²) in [7, 11) is 0. The molecule has 4 heteroatoms. The first-order valence-electron chi connectivity index (χ1n) is 10.3. The molecule has 2 aliphatic rings.